The fourth-order valence-corrected chi connectivity index (χ4v) is 4.26. The molecule has 9 heteroatoms. The van der Waals surface area contributed by atoms with E-state index < -0.39 is 0 Å². The molecular formula is C25H21N5O3S. The van der Waals surface area contributed by atoms with Crippen LogP contribution in [0.3, 0.4) is 0 Å². The Balaban J connectivity index is 1.62. The Kier molecular flexibility index (Phi) is 5.92. The highest BCUT2D eigenvalue weighted by Gasteiger charge is 2.16. The Morgan fingerprint density at radius 1 is 0.971 bits per heavy atom. The molecule has 34 heavy (non-hydrogen) atoms. The molecule has 2 aromatic carbocycles. The molecule has 0 unspecified atom stereocenters. The molecule has 5 aromatic rings. The molecule has 0 atom stereocenters. The molecule has 0 aliphatic heterocycles. The largest absolute Gasteiger partial charge is 0.497 e. The van der Waals surface area contributed by atoms with Crippen LogP contribution in [0.15, 0.2) is 77.0 Å². The molecule has 0 amide bonds. The summed E-state index contributed by atoms with van der Waals surface area (Å²) in [5.41, 5.74) is 2.56. The van der Waals surface area contributed by atoms with E-state index in [1.807, 2.05) is 66.0 Å². The maximum atomic E-state index is 13.6. The smallest absolute Gasteiger partial charge is 0.279 e. The van der Waals surface area contributed by atoms with Gasteiger partial charge >= 0.3 is 0 Å². The van der Waals surface area contributed by atoms with Gasteiger partial charge in [-0.05, 0) is 47.8 Å². The third-order valence-electron chi connectivity index (χ3n) is 5.27. The fraction of sp³-hybridized carbons (Fsp3) is 0.120. The number of anilines is 2. The number of hydrogen-bond donors (Lipinski definition) is 1. The lowest BCUT2D eigenvalue weighted by Crippen LogP contribution is -2.25. The molecule has 0 spiro atoms. The summed E-state index contributed by atoms with van der Waals surface area (Å²) in [5, 5.41) is 5.16. The highest BCUT2D eigenvalue weighted by Crippen LogP contribution is 2.23. The van der Waals surface area contributed by atoms with Gasteiger partial charge in [0.1, 0.15) is 22.7 Å². The highest BCUT2D eigenvalue weighted by atomic mass is 32.1. The summed E-state index contributed by atoms with van der Waals surface area (Å²) < 4.78 is 12.2. The number of nitrogens with zero attached hydrogens (tertiary/aromatic N) is 4. The van der Waals surface area contributed by atoms with E-state index in [4.69, 9.17) is 9.47 Å². The maximum Gasteiger partial charge on any atom is 0.279 e. The van der Waals surface area contributed by atoms with Gasteiger partial charge in [0, 0.05) is 22.2 Å². The molecule has 3 aromatic heterocycles. The average molecular weight is 472 g/mol. The Bertz CT molecular complexity index is 1500. The van der Waals surface area contributed by atoms with Gasteiger partial charge in [-0.2, -0.15) is 4.98 Å². The van der Waals surface area contributed by atoms with Crippen LogP contribution in [-0.4, -0.2) is 33.7 Å². The predicted octanol–water partition coefficient (Wildman–Crippen LogP) is 4.72. The van der Waals surface area contributed by atoms with Crippen molar-refractivity contribution < 1.29 is 9.47 Å². The van der Waals surface area contributed by atoms with Crippen LogP contribution in [-0.2, 0) is 6.54 Å². The van der Waals surface area contributed by atoms with Crippen LogP contribution >= 0.6 is 11.3 Å². The van der Waals surface area contributed by atoms with Crippen LogP contribution in [0.4, 0.5) is 11.6 Å². The van der Waals surface area contributed by atoms with Crippen molar-refractivity contribution >= 4 is 34.1 Å². The summed E-state index contributed by atoms with van der Waals surface area (Å²) in [6.45, 7) is 0.383. The van der Waals surface area contributed by atoms with Gasteiger partial charge < -0.3 is 14.8 Å². The zero-order valence-corrected chi connectivity index (χ0v) is 19.4. The summed E-state index contributed by atoms with van der Waals surface area (Å²) in [4.78, 5) is 28.3. The van der Waals surface area contributed by atoms with Gasteiger partial charge in [0.25, 0.3) is 5.56 Å². The van der Waals surface area contributed by atoms with Crippen LogP contribution in [0.2, 0.25) is 0 Å². The van der Waals surface area contributed by atoms with Crippen molar-refractivity contribution in [2.75, 3.05) is 19.5 Å². The van der Waals surface area contributed by atoms with Gasteiger partial charge in [-0.1, -0.05) is 12.1 Å². The molecule has 0 saturated carbocycles. The van der Waals surface area contributed by atoms with Gasteiger partial charge in [-0.25, -0.2) is 9.97 Å². The van der Waals surface area contributed by atoms with Crippen molar-refractivity contribution in [1.82, 2.24) is 19.5 Å². The van der Waals surface area contributed by atoms with E-state index in [0.29, 0.717) is 46.4 Å². The minimum atomic E-state index is -0.225. The normalized spacial score (nSPS) is 10.9. The summed E-state index contributed by atoms with van der Waals surface area (Å²) in [6.07, 6.45) is 1.63. The number of methoxy groups -OCH3 is 2. The first kappa shape index (κ1) is 21.6. The van der Waals surface area contributed by atoms with Crippen LogP contribution in [0.25, 0.3) is 22.4 Å². The van der Waals surface area contributed by atoms with Crippen LogP contribution in [0.5, 0.6) is 11.5 Å². The summed E-state index contributed by atoms with van der Waals surface area (Å²) >= 11 is 1.58. The minimum absolute atomic E-state index is 0.225. The zero-order chi connectivity index (χ0) is 23.5. The van der Waals surface area contributed by atoms with E-state index in [2.05, 4.69) is 20.3 Å². The number of nitrogens with one attached hydrogen (secondary N) is 1. The topological polar surface area (TPSA) is 91.2 Å². The lowest BCUT2D eigenvalue weighted by molar-refractivity contribution is 0.415. The molecule has 0 aliphatic carbocycles. The SMILES string of the molecule is COc1ccc(-c2nc3cnc(Nc4cccc(OC)c4)nc3n(Cc3cccs3)c2=O)cc1. The van der Waals surface area contributed by atoms with Crippen molar-refractivity contribution in [1.29, 1.82) is 0 Å². The maximum absolute atomic E-state index is 13.6. The number of ether oxygens (including phenoxy) is 2. The highest BCUT2D eigenvalue weighted by molar-refractivity contribution is 7.09. The second-order valence-electron chi connectivity index (χ2n) is 7.42. The molecular weight excluding hydrogens is 450 g/mol. The first-order chi connectivity index (χ1) is 16.6. The van der Waals surface area contributed by atoms with Crippen molar-refractivity contribution in [3.8, 4) is 22.8 Å². The van der Waals surface area contributed by atoms with Gasteiger partial charge in [0.15, 0.2) is 5.65 Å². The van der Waals surface area contributed by atoms with Gasteiger partial charge in [-0.3, -0.25) is 9.36 Å². The van der Waals surface area contributed by atoms with E-state index in [0.717, 1.165) is 10.6 Å². The van der Waals surface area contributed by atoms with E-state index >= 15 is 0 Å². The summed E-state index contributed by atoms with van der Waals surface area (Å²) in [5.74, 6) is 1.78. The number of hydrogen-bond acceptors (Lipinski definition) is 8. The standard InChI is InChI=1S/C25H21N5O3S/c1-32-18-10-8-16(9-11-18)22-24(31)30(15-20-7-4-12-34-20)23-21(28-22)14-26-25(29-23)27-17-5-3-6-19(13-17)33-2/h3-14H,15H2,1-2H3,(H,26,27,29). The summed E-state index contributed by atoms with van der Waals surface area (Å²) in [7, 11) is 3.22. The van der Waals surface area contributed by atoms with E-state index in [1.165, 1.54) is 0 Å². The Hall–Kier alpha value is -4.24. The van der Waals surface area contributed by atoms with Crippen LogP contribution in [0.1, 0.15) is 4.88 Å². The Morgan fingerprint density at radius 2 is 1.79 bits per heavy atom. The molecule has 5 rings (SSSR count). The van der Waals surface area contributed by atoms with Gasteiger partial charge in [0.2, 0.25) is 5.95 Å². The average Bonchev–Trinajstić information content (AvgIpc) is 3.39. The van der Waals surface area contributed by atoms with Gasteiger partial charge in [0.05, 0.1) is 27.0 Å². The Morgan fingerprint density at radius 3 is 2.53 bits per heavy atom. The molecule has 3 heterocycles. The van der Waals surface area contributed by atoms with E-state index in [-0.39, 0.29) is 5.56 Å². The third kappa shape index (κ3) is 4.33. The lowest BCUT2D eigenvalue weighted by atomic mass is 10.1. The Labute approximate surface area is 199 Å². The third-order valence-corrected chi connectivity index (χ3v) is 6.13. The molecule has 0 radical (unpaired) electrons. The second-order valence-corrected chi connectivity index (χ2v) is 8.45. The van der Waals surface area contributed by atoms with Crippen molar-refractivity contribution in [2.24, 2.45) is 0 Å². The minimum Gasteiger partial charge on any atom is -0.497 e. The molecule has 1 N–H and O–H groups in total. The van der Waals surface area contributed by atoms with Crippen LogP contribution in [0, 0.1) is 0 Å². The second kappa shape index (κ2) is 9.32. The molecule has 0 fully saturated rings. The molecule has 0 saturated heterocycles. The van der Waals surface area contributed by atoms with Crippen molar-refractivity contribution in [3.63, 3.8) is 0 Å². The van der Waals surface area contributed by atoms with Crippen molar-refractivity contribution in [3.05, 3.63) is 87.5 Å². The van der Waals surface area contributed by atoms with Crippen LogP contribution < -0.4 is 20.3 Å². The monoisotopic (exact) mass is 471 g/mol. The molecule has 8 nitrogen and oxygen atoms in total. The van der Waals surface area contributed by atoms with E-state index in [1.54, 1.807) is 36.3 Å². The number of thiophene rings is 1. The van der Waals surface area contributed by atoms with E-state index in [9.17, 15) is 4.79 Å². The molecule has 0 aliphatic rings. The first-order valence-electron chi connectivity index (χ1n) is 10.5. The number of fused-ring (bicyclic) bond motifs is 1. The van der Waals surface area contributed by atoms with Crippen molar-refractivity contribution in [2.45, 2.75) is 6.54 Å². The zero-order valence-electron chi connectivity index (χ0n) is 18.6. The van der Waals surface area contributed by atoms with Gasteiger partial charge in [-0.15, -0.1) is 11.3 Å². The fourth-order valence-electron chi connectivity index (χ4n) is 3.57. The predicted molar refractivity (Wildman–Crippen MR) is 133 cm³/mol. The quantitative estimate of drug-likeness (QED) is 0.367. The number of rotatable bonds is 7. The summed E-state index contributed by atoms with van der Waals surface area (Å²) in [6, 6.07) is 18.7. The number of benzene rings is 2. The molecule has 0 bridgehead atoms. The lowest BCUT2D eigenvalue weighted by Gasteiger charge is -2.13. The number of aromatic nitrogens is 4. The molecule has 170 valence electrons. The first-order valence-corrected chi connectivity index (χ1v) is 11.4.